The fraction of sp³-hybridized carbons (Fsp3) is 1.00. The van der Waals surface area contributed by atoms with Crippen LogP contribution in [-0.2, 0) is 95.5 Å². The molecule has 43 heteroatoms. The Morgan fingerprint density at radius 3 is 0.518 bits per heavy atom. The van der Waals surface area contributed by atoms with E-state index in [2.05, 4.69) is 8.37 Å². The van der Waals surface area contributed by atoms with Crippen LogP contribution in [0.3, 0.4) is 0 Å². The van der Waals surface area contributed by atoms with Crippen molar-refractivity contribution in [3.05, 3.63) is 0 Å². The van der Waals surface area contributed by atoms with Crippen molar-refractivity contribution in [3.63, 3.8) is 0 Å². The molecule has 0 amide bonds. The van der Waals surface area contributed by atoms with Crippen LogP contribution in [0.4, 0.5) is 0 Å². The van der Waals surface area contributed by atoms with Crippen LogP contribution in [0, 0.1) is 0 Å². The first kappa shape index (κ1) is 69.3. The molecular weight excluding hydrogens is 1220 g/mol. The highest BCUT2D eigenvalue weighted by molar-refractivity contribution is 7.81. The minimum Gasteiger partial charge on any atom is -0.394 e. The molecule has 21 N–H and O–H groups in total. The van der Waals surface area contributed by atoms with Gasteiger partial charge in [0.1, 0.15) is 171 Å². The number of aliphatic hydroxyl groups is 19. The summed E-state index contributed by atoms with van der Waals surface area (Å²) in [5, 5.41) is 211. The van der Waals surface area contributed by atoms with E-state index in [1.54, 1.807) is 0 Å². The van der Waals surface area contributed by atoms with Crippen molar-refractivity contribution in [1.82, 2.24) is 0 Å². The molecule has 0 aromatic carbocycles. The second kappa shape index (κ2) is 28.5. The highest BCUT2D eigenvalue weighted by Crippen LogP contribution is 2.39. The van der Waals surface area contributed by atoms with Crippen molar-refractivity contribution in [3.8, 4) is 0 Å². The summed E-state index contributed by atoms with van der Waals surface area (Å²) in [6, 6.07) is 0. The van der Waals surface area contributed by atoms with E-state index in [-0.39, 0.29) is 0 Å². The normalized spacial score (nSPS) is 51.7. The quantitative estimate of drug-likeness (QED) is 0.0854. The zero-order chi connectivity index (χ0) is 62.5. The number of hydrogen-bond donors (Lipinski definition) is 21. The van der Waals surface area contributed by atoms with E-state index >= 15 is 0 Å². The average Bonchev–Trinajstić information content (AvgIpc) is 2.98. The molecule has 0 aromatic rings. The molecule has 0 spiro atoms. The van der Waals surface area contributed by atoms with Crippen molar-refractivity contribution >= 4 is 20.8 Å². The van der Waals surface area contributed by atoms with Gasteiger partial charge in [-0.15, -0.1) is 0 Å². The third-order valence-electron chi connectivity index (χ3n) is 15.2. The molecule has 0 unspecified atom stereocenters. The van der Waals surface area contributed by atoms with Crippen LogP contribution in [0.2, 0.25) is 0 Å². The Hall–Kier alpha value is -1.58. The molecule has 21 heterocycles. The molecule has 14 bridgehead atoms. The highest BCUT2D eigenvalue weighted by atomic mass is 32.3. The Morgan fingerprint density at radius 2 is 0.376 bits per heavy atom. The number of rotatable bonds is 11. The Labute approximate surface area is 478 Å². The Kier molecular flexibility index (Phi) is 23.3. The van der Waals surface area contributed by atoms with E-state index in [9.17, 15) is 123 Å². The van der Waals surface area contributed by atoms with E-state index in [1.807, 2.05) is 0 Å². The van der Waals surface area contributed by atoms with Gasteiger partial charge in [-0.05, 0) is 0 Å². The smallest absolute Gasteiger partial charge is 0.394 e. The van der Waals surface area contributed by atoms with Crippen LogP contribution in [0.1, 0.15) is 0 Å². The standard InChI is InChI=1S/C42H70O41S2/c43-1-8-29-15(48)22(55)36(70-8)78-30-9(2-44)72-38(24(57)17(30)50)80-32-11(4-46)74-40(26(59)19(32)52)82-34-13(6-68-84(62,63)64)76-42(28(61)21(34)54)83-35-14(7-69-85(65,66)67)75-41(27(60)20(35)53)81-33-12(5-47)73-39(25(58)18(33)51)79-31-10(3-45)71-37(77-29)23(56)16(31)49/h8-61H,1-7H2,(H,62,63,64)(H,65,66,67)/t8-,9-,10-,11-,12-,13-,14-,15-,16-,17-,18-,19-,20-,21-,22-,23-,24-,25-,26-,27-,28-,29-,30-,31-,32-,33-,34-,35-,36-,37-,38-,39-,40-,41-,42-/m1/s1. The lowest BCUT2D eigenvalue weighted by Crippen LogP contribution is -2.68. The summed E-state index contributed by atoms with van der Waals surface area (Å²) >= 11 is 0. The molecule has 0 aromatic heterocycles. The fourth-order valence-corrected chi connectivity index (χ4v) is 11.3. The molecule has 21 aliphatic rings. The van der Waals surface area contributed by atoms with Crippen molar-refractivity contribution in [2.24, 2.45) is 0 Å². The zero-order valence-corrected chi connectivity index (χ0v) is 45.2. The molecule has 21 aliphatic heterocycles. The maximum absolute atomic E-state index is 11.8. The van der Waals surface area contributed by atoms with Crippen LogP contribution < -0.4 is 0 Å². The molecule has 0 radical (unpaired) electrons. The van der Waals surface area contributed by atoms with Crippen molar-refractivity contribution in [2.45, 2.75) is 215 Å². The SMILES string of the molecule is O=S(=O)(O)OC[C@H]1O[C@@H]2O[C@H]3[C@H](O)[C@@H](O)[C@@H](O[C@H]4[C@H](O)[C@@H](O)[C@@H](O[C@H]5[C@H](O)[C@@H](O)[C@@H](O[C@H]6[C@H](O)[C@@H](O)[C@@H](O[C@H]7[C@H](O)[C@@H](O)[C@@H](O[C@H]8[C@H](O)[C@@H](O)[C@@H](O[C@H]1[C@H](O)[C@H]2O)O[C@@H]8CO)O[C@@H]7CO)O[C@@H]6CO)O[C@@H]5CO)O[C@@H]4CO)O[C@@H]3COS(=O)(=O)O. The van der Waals surface area contributed by atoms with E-state index in [1.165, 1.54) is 0 Å². The maximum Gasteiger partial charge on any atom is 0.397 e. The zero-order valence-electron chi connectivity index (χ0n) is 43.5. The van der Waals surface area contributed by atoms with Crippen molar-refractivity contribution < 1.29 is 198 Å². The molecule has 85 heavy (non-hydrogen) atoms. The van der Waals surface area contributed by atoms with Crippen LogP contribution in [-0.4, -0.2) is 384 Å². The first-order valence-corrected chi connectivity index (χ1v) is 28.7. The predicted octanol–water partition coefficient (Wildman–Crippen LogP) is -15.6. The molecule has 21 rings (SSSR count). The number of ether oxygens (including phenoxy) is 14. The largest absolute Gasteiger partial charge is 0.397 e. The Balaban J connectivity index is 1.12. The summed E-state index contributed by atoms with van der Waals surface area (Å²) in [5.74, 6) is 0. The van der Waals surface area contributed by atoms with Crippen molar-refractivity contribution in [2.75, 3.05) is 46.2 Å². The Morgan fingerprint density at radius 1 is 0.235 bits per heavy atom. The third-order valence-corrected chi connectivity index (χ3v) is 16.1. The summed E-state index contributed by atoms with van der Waals surface area (Å²) in [4.78, 5) is 0. The van der Waals surface area contributed by atoms with E-state index < -0.39 is 282 Å². The van der Waals surface area contributed by atoms with Gasteiger partial charge in [-0.3, -0.25) is 9.11 Å². The predicted molar refractivity (Wildman–Crippen MR) is 249 cm³/mol. The monoisotopic (exact) mass is 1290 g/mol. The van der Waals surface area contributed by atoms with Gasteiger partial charge in [0, 0.05) is 0 Å². The average molecular weight is 1300 g/mol. The van der Waals surface area contributed by atoms with Gasteiger partial charge in [-0.1, -0.05) is 0 Å². The topological polar surface area (TPSA) is 641 Å². The molecule has 496 valence electrons. The van der Waals surface area contributed by atoms with Crippen LogP contribution in [0.25, 0.3) is 0 Å². The first-order valence-electron chi connectivity index (χ1n) is 25.9. The minimum atomic E-state index is -5.45. The van der Waals surface area contributed by atoms with Gasteiger partial charge in [-0.25, -0.2) is 8.37 Å². The summed E-state index contributed by atoms with van der Waals surface area (Å²) in [6.45, 7) is -8.54. The van der Waals surface area contributed by atoms with Gasteiger partial charge >= 0.3 is 20.8 Å². The molecule has 21 saturated heterocycles. The lowest BCUT2D eigenvalue weighted by atomic mass is 9.95. The van der Waals surface area contributed by atoms with Gasteiger partial charge in [0.25, 0.3) is 0 Å². The van der Waals surface area contributed by atoms with Crippen molar-refractivity contribution in [1.29, 1.82) is 0 Å². The summed E-state index contributed by atoms with van der Waals surface area (Å²) in [5.41, 5.74) is 0. The van der Waals surface area contributed by atoms with E-state index in [0.717, 1.165) is 0 Å². The third kappa shape index (κ3) is 15.0. The summed E-state index contributed by atoms with van der Waals surface area (Å²) in [7, 11) is -10.9. The van der Waals surface area contributed by atoms with Gasteiger partial charge in [0.15, 0.2) is 44.0 Å². The lowest BCUT2D eigenvalue weighted by molar-refractivity contribution is -0.396. The molecule has 21 fully saturated rings. The first-order chi connectivity index (χ1) is 39.9. The Bertz CT molecular complexity index is 2300. The fourth-order valence-electron chi connectivity index (χ4n) is 10.7. The van der Waals surface area contributed by atoms with Gasteiger partial charge < -0.3 is 163 Å². The maximum atomic E-state index is 11.8. The van der Waals surface area contributed by atoms with E-state index in [0.29, 0.717) is 0 Å². The van der Waals surface area contributed by atoms with Gasteiger partial charge in [-0.2, -0.15) is 16.8 Å². The van der Waals surface area contributed by atoms with Crippen LogP contribution in [0.15, 0.2) is 0 Å². The molecule has 0 aliphatic carbocycles. The van der Waals surface area contributed by atoms with Gasteiger partial charge in [0.2, 0.25) is 0 Å². The highest BCUT2D eigenvalue weighted by Gasteiger charge is 2.60. The summed E-state index contributed by atoms with van der Waals surface area (Å²) < 4.78 is 154. The van der Waals surface area contributed by atoms with Crippen LogP contribution >= 0.6 is 0 Å². The number of aliphatic hydroxyl groups excluding tert-OH is 19. The molecule has 35 atom stereocenters. The second-order valence-electron chi connectivity index (χ2n) is 20.7. The molecular formula is C42H70O41S2. The molecule has 41 nitrogen and oxygen atoms in total. The lowest BCUT2D eigenvalue weighted by Gasteiger charge is -2.50. The second-order valence-corrected chi connectivity index (χ2v) is 22.9. The van der Waals surface area contributed by atoms with Gasteiger partial charge in [0.05, 0.1) is 46.2 Å². The number of hydrogen-bond acceptors (Lipinski definition) is 39. The summed E-state index contributed by atoms with van der Waals surface area (Å²) in [6.07, 6.45) is -76.8. The minimum absolute atomic E-state index is 1.10. The molecule has 0 saturated carbocycles. The van der Waals surface area contributed by atoms with Crippen LogP contribution in [0.5, 0.6) is 0 Å². The van der Waals surface area contributed by atoms with E-state index in [4.69, 9.17) is 66.3 Å².